The first-order chi connectivity index (χ1) is 69.4. The van der Waals surface area contributed by atoms with Crippen LogP contribution in [0.4, 0.5) is 5.69 Å². The molecule has 674 valence electrons. The van der Waals surface area contributed by atoms with Crippen LogP contribution >= 0.6 is 0 Å². The third kappa shape index (κ3) is 17.4. The van der Waals surface area contributed by atoms with Gasteiger partial charge in [-0.2, -0.15) is 4.58 Å². The first-order valence-electron chi connectivity index (χ1n) is 47.4. The molecule has 0 N–H and O–H groups in total. The van der Waals surface area contributed by atoms with Crippen molar-refractivity contribution in [2.75, 3.05) is 0 Å². The zero-order chi connectivity index (χ0) is 93.0. The number of para-hydroxylation sites is 2. The molecule has 7 aromatic heterocycles. The molecular formula is C132H97N10+. The van der Waals surface area contributed by atoms with Gasteiger partial charge in [0.2, 0.25) is 6.04 Å². The van der Waals surface area contributed by atoms with Gasteiger partial charge in [-0.05, 0) is 190 Å². The third-order valence-corrected chi connectivity index (χ3v) is 26.5. The Morgan fingerprint density at radius 2 is 0.500 bits per heavy atom. The summed E-state index contributed by atoms with van der Waals surface area (Å²) in [7, 11) is 0. The smallest absolute Gasteiger partial charge is 0.309 e. The lowest BCUT2D eigenvalue weighted by Gasteiger charge is -2.12. The van der Waals surface area contributed by atoms with E-state index in [9.17, 15) is 0 Å². The van der Waals surface area contributed by atoms with Crippen LogP contribution in [0.15, 0.2) is 539 Å². The Morgan fingerprint density at radius 1 is 0.197 bits per heavy atom. The van der Waals surface area contributed by atoms with Crippen LogP contribution in [0.3, 0.4) is 0 Å². The summed E-state index contributed by atoms with van der Waals surface area (Å²) in [5, 5.41) is 7.32. The van der Waals surface area contributed by atoms with E-state index in [4.69, 9.17) is 29.9 Å². The molecule has 0 bridgehead atoms. The lowest BCUT2D eigenvalue weighted by atomic mass is 9.97. The molecule has 18 aromatic carbocycles. The van der Waals surface area contributed by atoms with Gasteiger partial charge in [-0.3, -0.25) is 9.13 Å². The van der Waals surface area contributed by atoms with E-state index in [-0.39, 0.29) is 20.9 Å². The van der Waals surface area contributed by atoms with Crippen molar-refractivity contribution in [1.82, 2.24) is 38.6 Å². The fourth-order valence-corrected chi connectivity index (χ4v) is 19.7. The van der Waals surface area contributed by atoms with E-state index in [1.807, 2.05) is 73.1 Å². The summed E-state index contributed by atoms with van der Waals surface area (Å²) in [5.74, 6) is 3.37. The van der Waals surface area contributed by atoms with Crippen LogP contribution in [-0.4, -0.2) is 54.7 Å². The normalized spacial score (nSPS) is 12.2. The number of aliphatic imine (C=N–C) groups is 1. The summed E-state index contributed by atoms with van der Waals surface area (Å²) < 4.78 is 9.26. The van der Waals surface area contributed by atoms with E-state index >= 15 is 0 Å². The minimum atomic E-state index is -0.124. The van der Waals surface area contributed by atoms with Gasteiger partial charge in [0.25, 0.3) is 0 Å². The topological polar surface area (TPSA) is 94.6 Å². The van der Waals surface area contributed by atoms with Gasteiger partial charge >= 0.3 is 5.84 Å². The van der Waals surface area contributed by atoms with E-state index in [2.05, 4.69) is 479 Å². The Labute approximate surface area is 826 Å². The molecule has 26 rings (SSSR count). The number of nitrogens with zero attached hydrogens (tertiary/aromatic N) is 10. The Kier molecular flexibility index (Phi) is 24.6. The van der Waals surface area contributed by atoms with Gasteiger partial charge in [-0.25, -0.2) is 24.9 Å². The first kappa shape index (κ1) is 88.5. The molecule has 1 atom stereocenters. The summed E-state index contributed by atoms with van der Waals surface area (Å²) in [5.41, 5.74) is 34.1. The standard InChI is InChI=1S/C46H31N3.C45H30N4.C39H28N3.2CH4/c1-5-13-32(14-6-1)36-21-24-44-40(27-36)41-28-37(33-15-7-2-8-16-33)22-25-45(41)49(44)46-26-23-38(31-47-46)39-29-42(34-17-9-3-10-18-34)48-43(30-39)35-19-11-4-12-20-35;1-5-13-31(14-6-1)35-21-24-42-38(27-35)39-28-36(32-15-7-2-8-16-32)22-25-43(39)49(42)44-26-23-37(30-46-44)41-29-40(33-17-9-3-10-18-33)47-45(48-41)34-19-11-4-12-20-34;1-4-14-28(15-5-1)37-38(29-16-6-2-7-17-29)42(39(40-37)30-18-8-3-9-19-30)32-26-24-31(25-27-32)41-35-22-12-10-20-33(35)34-21-11-13-23-36(34)41;;/h1-31H;1-30H;1-27,37H;2*1H4/q;;+1;;. The van der Waals surface area contributed by atoms with Crippen molar-refractivity contribution in [1.29, 1.82) is 0 Å². The van der Waals surface area contributed by atoms with Gasteiger partial charge in [0.15, 0.2) is 11.5 Å². The molecule has 1 unspecified atom stereocenters. The summed E-state index contributed by atoms with van der Waals surface area (Å²) >= 11 is 0. The van der Waals surface area contributed by atoms with Crippen molar-refractivity contribution in [3.63, 3.8) is 0 Å². The van der Waals surface area contributed by atoms with Crippen LogP contribution in [-0.2, 0) is 0 Å². The summed E-state index contributed by atoms with van der Waals surface area (Å²) in [6.45, 7) is 0. The predicted molar refractivity (Wildman–Crippen MR) is 592 cm³/mol. The average Bonchev–Trinajstić information content (AvgIpc) is 1.60. The third-order valence-electron chi connectivity index (χ3n) is 26.5. The maximum Gasteiger partial charge on any atom is 0.331 e. The van der Waals surface area contributed by atoms with E-state index < -0.39 is 0 Å². The predicted octanol–water partition coefficient (Wildman–Crippen LogP) is 33.6. The Morgan fingerprint density at radius 3 is 0.873 bits per heavy atom. The molecule has 0 saturated heterocycles. The lowest BCUT2D eigenvalue weighted by molar-refractivity contribution is -0.301. The molecule has 0 saturated carbocycles. The molecule has 142 heavy (non-hydrogen) atoms. The van der Waals surface area contributed by atoms with E-state index in [0.717, 1.165) is 129 Å². The minimum Gasteiger partial charge on any atom is -0.309 e. The monoisotopic (exact) mass is 1820 g/mol. The highest BCUT2D eigenvalue weighted by atomic mass is 15.2. The summed E-state index contributed by atoms with van der Waals surface area (Å²) in [6, 6.07) is 183. The summed E-state index contributed by atoms with van der Waals surface area (Å²) in [6.07, 6.45) is 3.91. The number of hydrogen-bond acceptors (Lipinski definition) is 6. The molecule has 0 radical (unpaired) electrons. The summed E-state index contributed by atoms with van der Waals surface area (Å²) in [4.78, 5) is 30.6. The van der Waals surface area contributed by atoms with Crippen LogP contribution in [0.5, 0.6) is 0 Å². The second-order valence-electron chi connectivity index (χ2n) is 35.0. The maximum absolute atomic E-state index is 5.40. The fourth-order valence-electron chi connectivity index (χ4n) is 19.7. The Bertz CT molecular complexity index is 8140. The molecule has 10 heteroatoms. The first-order valence-corrected chi connectivity index (χ1v) is 47.4. The number of hydrogen-bond donors (Lipinski definition) is 0. The molecule has 0 spiro atoms. The number of benzene rings is 18. The number of fused-ring (bicyclic) bond motifs is 9. The van der Waals surface area contributed by atoms with Crippen LogP contribution < -0.4 is 0 Å². The van der Waals surface area contributed by atoms with E-state index in [1.165, 1.54) is 93.4 Å². The molecule has 0 amide bonds. The number of aromatic nitrogens is 8. The quantitative estimate of drug-likeness (QED) is 0.0847. The molecule has 25 aromatic rings. The highest BCUT2D eigenvalue weighted by Gasteiger charge is 2.41. The molecular weight excluding hydrogens is 1730 g/mol. The average molecular weight is 1820 g/mol. The fraction of sp³-hybridized carbons (Fsp3) is 0.0227. The van der Waals surface area contributed by atoms with Crippen molar-refractivity contribution < 1.29 is 4.58 Å². The van der Waals surface area contributed by atoms with Crippen LogP contribution in [0.25, 0.3) is 195 Å². The molecule has 0 fully saturated rings. The zero-order valence-corrected chi connectivity index (χ0v) is 76.4. The molecule has 1 aliphatic heterocycles. The Hall–Kier alpha value is -18.8. The maximum atomic E-state index is 5.40. The van der Waals surface area contributed by atoms with Gasteiger partial charge in [-0.1, -0.05) is 402 Å². The Balaban J connectivity index is 0.000000122. The van der Waals surface area contributed by atoms with Crippen LogP contribution in [0.1, 0.15) is 37.6 Å². The highest BCUT2D eigenvalue weighted by Crippen LogP contribution is 2.44. The molecule has 10 nitrogen and oxygen atoms in total. The lowest BCUT2D eigenvalue weighted by Crippen LogP contribution is -2.22. The molecule has 1 aliphatic rings. The number of rotatable bonds is 17. The van der Waals surface area contributed by atoms with Crippen LogP contribution in [0.2, 0.25) is 0 Å². The van der Waals surface area contributed by atoms with E-state index in [1.54, 1.807) is 0 Å². The minimum absolute atomic E-state index is 0. The zero-order valence-electron chi connectivity index (χ0n) is 76.4. The van der Waals surface area contributed by atoms with Crippen LogP contribution in [0, 0.1) is 0 Å². The highest BCUT2D eigenvalue weighted by molar-refractivity contribution is 6.15. The van der Waals surface area contributed by atoms with Crippen molar-refractivity contribution in [3.05, 3.63) is 551 Å². The van der Waals surface area contributed by atoms with Gasteiger partial charge in [0.05, 0.1) is 61.4 Å². The second kappa shape index (κ2) is 39.5. The van der Waals surface area contributed by atoms with Crippen molar-refractivity contribution in [2.45, 2.75) is 20.9 Å². The van der Waals surface area contributed by atoms with Crippen molar-refractivity contribution >= 4 is 82.7 Å². The second-order valence-corrected chi connectivity index (χ2v) is 35.0. The largest absolute Gasteiger partial charge is 0.331 e. The van der Waals surface area contributed by atoms with Gasteiger partial charge in [0, 0.05) is 94.9 Å². The van der Waals surface area contributed by atoms with Gasteiger partial charge in [0.1, 0.15) is 17.3 Å². The SMILES string of the molecule is C.C.c1ccc(-c2ccc3c(c2)c2cc(-c4ccccc4)ccc2n3-c2ccc(-c3cc(-c4ccccc4)nc(-c4ccccc4)c3)cn2)cc1.c1ccc(-c2ccc3c(c2)c2cc(-c4ccccc4)ccc2n3-c2ccc(-c3cc(-c4ccccc4)nc(-c4ccccc4)n3)cn2)cc1.c1ccc(C2=NC(c3ccccc3)C(c3ccccc3)=[N+]2c2ccc(-n3c4ccccc4c4ccccc43)cc2)cc1. The molecule has 8 heterocycles. The molecule has 0 aliphatic carbocycles. The van der Waals surface area contributed by atoms with Gasteiger partial charge < -0.3 is 4.57 Å². The number of pyridine rings is 3. The number of amidine groups is 1. The van der Waals surface area contributed by atoms with Crippen molar-refractivity contribution in [3.8, 4) is 129 Å². The van der Waals surface area contributed by atoms with E-state index in [0.29, 0.717) is 5.82 Å². The van der Waals surface area contributed by atoms with Crippen molar-refractivity contribution in [2.24, 2.45) is 4.99 Å². The van der Waals surface area contributed by atoms with Gasteiger partial charge in [-0.15, -0.1) is 0 Å².